The number of aliphatic imine (C=N–C) groups is 1. The monoisotopic (exact) mass is 555 g/mol. The minimum absolute atomic E-state index is 0. The highest BCUT2D eigenvalue weighted by Gasteiger charge is 2.10. The highest BCUT2D eigenvalue weighted by Crippen LogP contribution is 2.20. The summed E-state index contributed by atoms with van der Waals surface area (Å²) in [6.07, 6.45) is 0. The fraction of sp³-hybridized carbons (Fsp3) is 0.480. The Balaban J connectivity index is 0.00000512. The summed E-state index contributed by atoms with van der Waals surface area (Å²) in [6.45, 7) is 11.2. The molecule has 0 unspecified atom stereocenters. The SMILES string of the molecule is CN=C(NCc1cccc(COC(C)(C)C)c1)NCc1ccc(C)cc1OCCOC.I. The van der Waals surface area contributed by atoms with Gasteiger partial charge in [0.2, 0.25) is 0 Å². The number of nitrogens with one attached hydrogen (secondary N) is 2. The molecule has 0 fully saturated rings. The van der Waals surface area contributed by atoms with Crippen LogP contribution in [0.25, 0.3) is 0 Å². The van der Waals surface area contributed by atoms with Gasteiger partial charge in [-0.3, -0.25) is 4.99 Å². The van der Waals surface area contributed by atoms with Gasteiger partial charge >= 0.3 is 0 Å². The van der Waals surface area contributed by atoms with Crippen LogP contribution in [0, 0.1) is 6.92 Å². The lowest BCUT2D eigenvalue weighted by Crippen LogP contribution is -2.36. The number of rotatable bonds is 10. The lowest BCUT2D eigenvalue weighted by Gasteiger charge is -2.20. The van der Waals surface area contributed by atoms with Crippen LogP contribution in [0.2, 0.25) is 0 Å². The summed E-state index contributed by atoms with van der Waals surface area (Å²) < 4.78 is 16.8. The summed E-state index contributed by atoms with van der Waals surface area (Å²) in [5.74, 6) is 1.60. The van der Waals surface area contributed by atoms with Gasteiger partial charge < -0.3 is 24.8 Å². The van der Waals surface area contributed by atoms with E-state index < -0.39 is 0 Å². The van der Waals surface area contributed by atoms with E-state index in [4.69, 9.17) is 14.2 Å². The second-order valence-corrected chi connectivity index (χ2v) is 8.45. The summed E-state index contributed by atoms with van der Waals surface area (Å²) >= 11 is 0. The third-order valence-electron chi connectivity index (χ3n) is 4.56. The Bertz CT molecular complexity index is 851. The second-order valence-electron chi connectivity index (χ2n) is 8.45. The molecule has 7 heteroatoms. The number of methoxy groups -OCH3 is 1. The molecule has 0 atom stereocenters. The molecule has 0 amide bonds. The first-order valence-corrected chi connectivity index (χ1v) is 10.7. The van der Waals surface area contributed by atoms with Crippen molar-refractivity contribution in [3.05, 3.63) is 64.7 Å². The molecule has 0 aliphatic rings. The number of ether oxygens (including phenoxy) is 3. The maximum Gasteiger partial charge on any atom is 0.191 e. The van der Waals surface area contributed by atoms with E-state index in [1.54, 1.807) is 14.2 Å². The molecule has 2 aromatic carbocycles. The van der Waals surface area contributed by atoms with Crippen LogP contribution < -0.4 is 15.4 Å². The van der Waals surface area contributed by atoms with E-state index in [1.165, 1.54) is 5.56 Å². The van der Waals surface area contributed by atoms with Crippen molar-refractivity contribution in [2.24, 2.45) is 4.99 Å². The number of hydrogen-bond acceptors (Lipinski definition) is 4. The molecule has 0 spiro atoms. The molecule has 178 valence electrons. The molecule has 0 heterocycles. The van der Waals surface area contributed by atoms with Crippen LogP contribution in [0.3, 0.4) is 0 Å². The van der Waals surface area contributed by atoms with E-state index >= 15 is 0 Å². The molecule has 0 aliphatic carbocycles. The van der Waals surface area contributed by atoms with Crippen molar-refractivity contribution < 1.29 is 14.2 Å². The number of nitrogens with zero attached hydrogens (tertiary/aromatic N) is 1. The zero-order valence-electron chi connectivity index (χ0n) is 20.2. The predicted molar refractivity (Wildman–Crippen MR) is 142 cm³/mol. The van der Waals surface area contributed by atoms with Crippen molar-refractivity contribution in [2.45, 2.75) is 53.0 Å². The molecule has 6 nitrogen and oxygen atoms in total. The predicted octanol–water partition coefficient (Wildman–Crippen LogP) is 4.82. The van der Waals surface area contributed by atoms with E-state index in [0.29, 0.717) is 32.9 Å². The van der Waals surface area contributed by atoms with Crippen molar-refractivity contribution in [3.8, 4) is 5.75 Å². The molecule has 0 radical (unpaired) electrons. The van der Waals surface area contributed by atoms with Gasteiger partial charge in [0.25, 0.3) is 0 Å². The molecule has 2 N–H and O–H groups in total. The van der Waals surface area contributed by atoms with Crippen molar-refractivity contribution in [3.63, 3.8) is 0 Å². The van der Waals surface area contributed by atoms with E-state index in [0.717, 1.165) is 28.4 Å². The van der Waals surface area contributed by atoms with Crippen molar-refractivity contribution >= 4 is 29.9 Å². The topological polar surface area (TPSA) is 64.1 Å². The summed E-state index contributed by atoms with van der Waals surface area (Å²) in [5.41, 5.74) is 4.43. The van der Waals surface area contributed by atoms with Crippen LogP contribution in [-0.2, 0) is 29.2 Å². The number of hydrogen-bond donors (Lipinski definition) is 2. The van der Waals surface area contributed by atoms with E-state index in [2.05, 4.69) is 79.7 Å². The van der Waals surface area contributed by atoms with Gasteiger partial charge in [0.15, 0.2) is 5.96 Å². The lowest BCUT2D eigenvalue weighted by atomic mass is 10.1. The summed E-state index contributed by atoms with van der Waals surface area (Å²) in [7, 11) is 3.44. The maximum atomic E-state index is 5.88. The van der Waals surface area contributed by atoms with Gasteiger partial charge in [-0.15, -0.1) is 24.0 Å². The fourth-order valence-corrected chi connectivity index (χ4v) is 2.89. The number of aryl methyl sites for hydroxylation is 1. The zero-order valence-corrected chi connectivity index (χ0v) is 22.5. The molecular weight excluding hydrogens is 517 g/mol. The summed E-state index contributed by atoms with van der Waals surface area (Å²) in [4.78, 5) is 4.34. The first kappa shape index (κ1) is 28.2. The van der Waals surface area contributed by atoms with Gasteiger partial charge in [0.1, 0.15) is 12.4 Å². The molecule has 2 rings (SSSR count). The van der Waals surface area contributed by atoms with Gasteiger partial charge in [0.05, 0.1) is 18.8 Å². The van der Waals surface area contributed by atoms with Gasteiger partial charge in [-0.2, -0.15) is 0 Å². The van der Waals surface area contributed by atoms with Gasteiger partial charge in [-0.05, 0) is 50.5 Å². The molecule has 32 heavy (non-hydrogen) atoms. The Morgan fingerprint density at radius 1 is 0.969 bits per heavy atom. The molecule has 0 aliphatic heterocycles. The van der Waals surface area contributed by atoms with Crippen molar-refractivity contribution in [1.29, 1.82) is 0 Å². The Kier molecular flexibility index (Phi) is 12.6. The number of halogens is 1. The fourth-order valence-electron chi connectivity index (χ4n) is 2.89. The molecule has 2 aromatic rings. The first-order valence-electron chi connectivity index (χ1n) is 10.7. The largest absolute Gasteiger partial charge is 0.491 e. The van der Waals surface area contributed by atoms with E-state index in [1.807, 2.05) is 6.07 Å². The Morgan fingerprint density at radius 3 is 2.38 bits per heavy atom. The zero-order chi connectivity index (χ0) is 22.7. The van der Waals surface area contributed by atoms with Crippen LogP contribution in [-0.4, -0.2) is 38.9 Å². The Morgan fingerprint density at radius 2 is 1.69 bits per heavy atom. The van der Waals surface area contributed by atoms with Gasteiger partial charge in [-0.25, -0.2) is 0 Å². The minimum atomic E-state index is -0.150. The average molecular weight is 556 g/mol. The van der Waals surface area contributed by atoms with Crippen LogP contribution in [0.1, 0.15) is 43.0 Å². The first-order chi connectivity index (χ1) is 14.8. The lowest BCUT2D eigenvalue weighted by molar-refractivity contribution is -0.0149. The standard InChI is InChI=1S/C25H37N3O3.HI/c1-19-10-11-22(23(14-19)30-13-12-29-6)17-28-24(26-5)27-16-20-8-7-9-21(15-20)18-31-25(2,3)4;/h7-11,14-15H,12-13,16-18H2,1-6H3,(H2,26,27,28);1H. The maximum absolute atomic E-state index is 5.88. The molecule has 0 aromatic heterocycles. The van der Waals surface area contributed by atoms with Gasteiger partial charge in [0, 0.05) is 32.8 Å². The van der Waals surface area contributed by atoms with Crippen LogP contribution in [0.5, 0.6) is 5.75 Å². The van der Waals surface area contributed by atoms with Crippen LogP contribution in [0.15, 0.2) is 47.5 Å². The summed E-state index contributed by atoms with van der Waals surface area (Å²) in [6, 6.07) is 14.6. The van der Waals surface area contributed by atoms with E-state index in [-0.39, 0.29) is 29.6 Å². The third-order valence-corrected chi connectivity index (χ3v) is 4.56. The van der Waals surface area contributed by atoms with Gasteiger partial charge in [-0.1, -0.05) is 36.4 Å². The molecular formula is C25H38IN3O3. The highest BCUT2D eigenvalue weighted by atomic mass is 127. The number of guanidine groups is 1. The smallest absolute Gasteiger partial charge is 0.191 e. The van der Waals surface area contributed by atoms with Crippen LogP contribution in [0.4, 0.5) is 0 Å². The number of benzene rings is 2. The van der Waals surface area contributed by atoms with E-state index in [9.17, 15) is 0 Å². The molecule has 0 bridgehead atoms. The average Bonchev–Trinajstić information content (AvgIpc) is 2.73. The summed E-state index contributed by atoms with van der Waals surface area (Å²) in [5, 5.41) is 6.74. The Hall–Kier alpha value is -1.84. The molecule has 0 saturated carbocycles. The highest BCUT2D eigenvalue weighted by molar-refractivity contribution is 14.0. The second kappa shape index (κ2) is 14.3. The van der Waals surface area contributed by atoms with Crippen molar-refractivity contribution in [1.82, 2.24) is 10.6 Å². The van der Waals surface area contributed by atoms with Crippen molar-refractivity contribution in [2.75, 3.05) is 27.4 Å². The molecule has 0 saturated heterocycles. The van der Waals surface area contributed by atoms with Crippen LogP contribution >= 0.6 is 24.0 Å². The quantitative estimate of drug-likeness (QED) is 0.191. The minimum Gasteiger partial charge on any atom is -0.491 e. The Labute approximate surface area is 210 Å². The third kappa shape index (κ3) is 10.7. The normalized spacial score (nSPS) is 11.6.